The Morgan fingerprint density at radius 1 is 0.271 bits per heavy atom. The molecule has 0 heterocycles. The van der Waals surface area contributed by atoms with Crippen molar-refractivity contribution in [1.82, 2.24) is 0 Å². The summed E-state index contributed by atoms with van der Waals surface area (Å²) < 4.78 is 2.16. The number of benzene rings is 11. The molecule has 4 heteroatoms. The van der Waals surface area contributed by atoms with Gasteiger partial charge < -0.3 is 9.80 Å². The average Bonchev–Trinajstić information content (AvgIpc) is 0.580. The number of anilines is 6. The minimum absolute atomic E-state index is 0.0818. The van der Waals surface area contributed by atoms with Crippen LogP contribution < -0.4 is 9.80 Å². The summed E-state index contributed by atoms with van der Waals surface area (Å²) in [5, 5.41) is 0. The fourth-order valence-electron chi connectivity index (χ4n) is 14.3. The first-order valence-electron chi connectivity index (χ1n) is 35.2. The molecule has 0 spiro atoms. The zero-order chi connectivity index (χ0) is 68.0. The lowest BCUT2D eigenvalue weighted by molar-refractivity contribution is 0.589. The van der Waals surface area contributed by atoms with Crippen LogP contribution >= 0.6 is 31.9 Å². The zero-order valence-corrected chi connectivity index (χ0v) is 62.7. The third-order valence-corrected chi connectivity index (χ3v) is 20.7. The molecule has 0 radical (unpaired) electrons. The molecule has 0 bridgehead atoms. The smallest absolute Gasteiger partial charge is 0.0464 e. The third kappa shape index (κ3) is 15.8. The van der Waals surface area contributed by atoms with E-state index >= 15 is 0 Å². The third-order valence-electron chi connectivity index (χ3n) is 19.7. The van der Waals surface area contributed by atoms with Crippen molar-refractivity contribution in [3.63, 3.8) is 0 Å². The fourth-order valence-corrected chi connectivity index (χ4v) is 14.8. The maximum absolute atomic E-state index is 3.65. The maximum atomic E-state index is 3.65. The molecule has 11 aromatic rings. The highest BCUT2D eigenvalue weighted by molar-refractivity contribution is 9.10. The summed E-state index contributed by atoms with van der Waals surface area (Å²) in [7, 11) is 0. The standard InChI is InChI=1S/C92H98Br2N2/c1-15-17-19-21-23-73-59-88(86-52-50-84(58-62(86)4)96(80-43-31-70(32-44-80)68-27-39-78(94)40-28-68)82-47-35-72(36-48-82)90-65(7)55-76(56-66(90)8)92(12,13)14)74(24-22-20-18-16-2)60-87(73)85-51-49-83(57-61(85)3)95(79-41-29-69(30-42-79)67-25-37-77(93)38-26-67)81-45-33-71(34-46-81)89-63(5)53-75(54-64(89)6)91(9,10)11/h25-60H,15-24H2,1-14H3. The Balaban J connectivity index is 0.994. The molecule has 0 atom stereocenters. The van der Waals surface area contributed by atoms with Gasteiger partial charge in [0, 0.05) is 43.1 Å². The molecule has 0 N–H and O–H groups in total. The van der Waals surface area contributed by atoms with Gasteiger partial charge in [0.25, 0.3) is 0 Å². The van der Waals surface area contributed by atoms with Crippen molar-refractivity contribution >= 4 is 66.0 Å². The predicted octanol–water partition coefficient (Wildman–Crippen LogP) is 28.8. The van der Waals surface area contributed by atoms with Crippen LogP contribution in [0, 0.1) is 41.5 Å². The van der Waals surface area contributed by atoms with E-state index in [9.17, 15) is 0 Å². The second-order valence-electron chi connectivity index (χ2n) is 29.1. The summed E-state index contributed by atoms with van der Waals surface area (Å²) in [6, 6.07) is 83.2. The number of rotatable bonds is 22. The van der Waals surface area contributed by atoms with Crippen molar-refractivity contribution in [2.24, 2.45) is 0 Å². The van der Waals surface area contributed by atoms with Gasteiger partial charge in [-0.25, -0.2) is 0 Å². The van der Waals surface area contributed by atoms with E-state index in [0.717, 1.165) is 68.8 Å². The summed E-state index contributed by atoms with van der Waals surface area (Å²) >= 11 is 7.30. The van der Waals surface area contributed by atoms with Crippen molar-refractivity contribution in [2.45, 2.75) is 172 Å². The highest BCUT2D eigenvalue weighted by Gasteiger charge is 2.24. The van der Waals surface area contributed by atoms with Gasteiger partial charge in [-0.2, -0.15) is 0 Å². The van der Waals surface area contributed by atoms with Crippen LogP contribution in [-0.2, 0) is 23.7 Å². The Morgan fingerprint density at radius 3 is 0.812 bits per heavy atom. The first-order valence-corrected chi connectivity index (χ1v) is 36.8. The molecule has 0 unspecified atom stereocenters. The second-order valence-corrected chi connectivity index (χ2v) is 31.0. The van der Waals surface area contributed by atoms with E-state index in [2.05, 4.69) is 357 Å². The molecular weight excluding hydrogens is 1290 g/mol. The van der Waals surface area contributed by atoms with Crippen LogP contribution in [0.4, 0.5) is 34.1 Å². The van der Waals surface area contributed by atoms with Gasteiger partial charge in [0.15, 0.2) is 0 Å². The molecule has 0 aromatic heterocycles. The zero-order valence-electron chi connectivity index (χ0n) is 59.5. The van der Waals surface area contributed by atoms with Crippen molar-refractivity contribution in [2.75, 3.05) is 9.80 Å². The number of hydrogen-bond acceptors (Lipinski definition) is 2. The van der Waals surface area contributed by atoms with Crippen molar-refractivity contribution in [1.29, 1.82) is 0 Å². The van der Waals surface area contributed by atoms with E-state index < -0.39 is 0 Å². The minimum atomic E-state index is 0.0818. The van der Waals surface area contributed by atoms with Crippen LogP contribution in [0.15, 0.2) is 227 Å². The Kier molecular flexibility index (Phi) is 21.8. The normalized spacial score (nSPS) is 11.8. The van der Waals surface area contributed by atoms with Crippen LogP contribution in [0.25, 0.3) is 66.8 Å². The topological polar surface area (TPSA) is 6.48 Å². The van der Waals surface area contributed by atoms with Crippen LogP contribution in [0.5, 0.6) is 0 Å². The summed E-state index contributed by atoms with van der Waals surface area (Å²) in [4.78, 5) is 4.89. The van der Waals surface area contributed by atoms with Gasteiger partial charge >= 0.3 is 0 Å². The molecule has 2 nitrogen and oxygen atoms in total. The van der Waals surface area contributed by atoms with Crippen LogP contribution in [-0.4, -0.2) is 0 Å². The van der Waals surface area contributed by atoms with E-state index in [1.54, 1.807) is 0 Å². The van der Waals surface area contributed by atoms with Crippen LogP contribution in [0.3, 0.4) is 0 Å². The number of unbranched alkanes of at least 4 members (excludes halogenated alkanes) is 6. The number of halogens is 2. The van der Waals surface area contributed by atoms with Gasteiger partial charge in [0.1, 0.15) is 0 Å². The lowest BCUT2D eigenvalue weighted by Crippen LogP contribution is -2.12. The Hall–Kier alpha value is -8.02. The van der Waals surface area contributed by atoms with Crippen LogP contribution in [0.2, 0.25) is 0 Å². The number of hydrogen-bond donors (Lipinski definition) is 0. The molecule has 0 saturated heterocycles. The molecule has 0 aliphatic rings. The van der Waals surface area contributed by atoms with E-state index in [0.29, 0.717) is 0 Å². The first-order chi connectivity index (χ1) is 46.1. The van der Waals surface area contributed by atoms with Gasteiger partial charge in [-0.1, -0.05) is 247 Å². The molecule has 0 amide bonds. The maximum Gasteiger partial charge on any atom is 0.0464 e. The van der Waals surface area contributed by atoms with Gasteiger partial charge in [-0.05, 0) is 298 Å². The van der Waals surface area contributed by atoms with Gasteiger partial charge in [0.05, 0.1) is 0 Å². The van der Waals surface area contributed by atoms with Crippen molar-refractivity contribution in [3.05, 3.63) is 283 Å². The molecule has 11 rings (SSSR count). The Morgan fingerprint density at radius 2 is 0.542 bits per heavy atom. The molecule has 96 heavy (non-hydrogen) atoms. The molecule has 0 aliphatic carbocycles. The van der Waals surface area contributed by atoms with E-state index in [1.807, 2.05) is 0 Å². The van der Waals surface area contributed by atoms with Crippen LogP contribution in [0.1, 0.15) is 162 Å². The Bertz CT molecular complexity index is 4140. The number of nitrogens with zero attached hydrogens (tertiary/aromatic N) is 2. The molecule has 0 aliphatic heterocycles. The largest absolute Gasteiger partial charge is 0.310 e. The fraction of sp³-hybridized carbons (Fsp3) is 0.283. The van der Waals surface area contributed by atoms with E-state index in [1.165, 1.54) is 161 Å². The summed E-state index contributed by atoms with van der Waals surface area (Å²) in [6.45, 7) is 32.2. The molecule has 490 valence electrons. The second kappa shape index (κ2) is 30.2. The van der Waals surface area contributed by atoms with Gasteiger partial charge in [-0.15, -0.1) is 0 Å². The van der Waals surface area contributed by atoms with Crippen molar-refractivity contribution < 1.29 is 0 Å². The minimum Gasteiger partial charge on any atom is -0.310 e. The average molecular weight is 1390 g/mol. The van der Waals surface area contributed by atoms with E-state index in [-0.39, 0.29) is 10.8 Å². The molecular formula is C92H98Br2N2. The summed E-state index contributed by atoms with van der Waals surface area (Å²) in [5.41, 5.74) is 35.6. The lowest BCUT2D eigenvalue weighted by Gasteiger charge is -2.28. The summed E-state index contributed by atoms with van der Waals surface area (Å²) in [6.07, 6.45) is 11.7. The number of aryl methyl sites for hydroxylation is 8. The predicted molar refractivity (Wildman–Crippen MR) is 425 cm³/mol. The lowest BCUT2D eigenvalue weighted by atomic mass is 9.82. The van der Waals surface area contributed by atoms with Gasteiger partial charge in [-0.3, -0.25) is 0 Å². The van der Waals surface area contributed by atoms with E-state index in [4.69, 9.17) is 0 Å². The Labute approximate surface area is 593 Å². The molecule has 0 fully saturated rings. The summed E-state index contributed by atoms with van der Waals surface area (Å²) in [5.74, 6) is 0. The molecule has 11 aromatic carbocycles. The molecule has 0 saturated carbocycles. The van der Waals surface area contributed by atoms with Crippen molar-refractivity contribution in [3.8, 4) is 66.8 Å². The monoisotopic (exact) mass is 1390 g/mol. The SMILES string of the molecule is CCCCCCc1cc(-c2ccc(N(c3ccc(-c4ccc(Br)cc4)cc3)c3ccc(-c4c(C)cc(C(C)(C)C)cc4C)cc3)cc2C)c(CCCCCC)cc1-c1ccc(N(c2ccc(-c3ccc(Br)cc3)cc2)c2ccc(-c3c(C)cc(C(C)(C)C)cc3C)cc2)cc1C. The highest BCUT2D eigenvalue weighted by Crippen LogP contribution is 2.45. The first kappa shape index (κ1) is 69.3. The quantitative estimate of drug-likeness (QED) is 0.0624. The highest BCUT2D eigenvalue weighted by atomic mass is 79.9. The van der Waals surface area contributed by atoms with Gasteiger partial charge in [0.2, 0.25) is 0 Å².